The Hall–Kier alpha value is -1.47. The highest BCUT2D eigenvalue weighted by atomic mass is 16.2. The second-order valence-corrected chi connectivity index (χ2v) is 4.98. The summed E-state index contributed by atoms with van der Waals surface area (Å²) >= 11 is 0. The van der Waals surface area contributed by atoms with E-state index in [0.29, 0.717) is 18.3 Å². The summed E-state index contributed by atoms with van der Waals surface area (Å²) in [5, 5.41) is 10.5. The highest BCUT2D eigenvalue weighted by Crippen LogP contribution is 2.14. The summed E-state index contributed by atoms with van der Waals surface area (Å²) < 4.78 is 1.53. The standard InChI is InChI=1S/C11H18N6O/c1-15-8-10(13-14-15)11(18)12-6-9-7-16-2-4-17(9)5-3-16/h8-9H,2-7H2,1H3,(H,12,18). The van der Waals surface area contributed by atoms with Gasteiger partial charge in [0.25, 0.3) is 5.91 Å². The predicted octanol–water partition coefficient (Wildman–Crippen LogP) is -1.46. The summed E-state index contributed by atoms with van der Waals surface area (Å²) in [6.07, 6.45) is 1.63. The zero-order valence-electron chi connectivity index (χ0n) is 10.5. The summed E-state index contributed by atoms with van der Waals surface area (Å²) in [5.41, 5.74) is 0.383. The van der Waals surface area contributed by atoms with E-state index in [4.69, 9.17) is 0 Å². The van der Waals surface area contributed by atoms with E-state index in [1.54, 1.807) is 13.2 Å². The van der Waals surface area contributed by atoms with E-state index >= 15 is 0 Å². The molecule has 1 aromatic heterocycles. The summed E-state index contributed by atoms with van der Waals surface area (Å²) in [4.78, 5) is 16.8. The van der Waals surface area contributed by atoms with Crippen LogP contribution in [0.15, 0.2) is 6.20 Å². The Morgan fingerprint density at radius 3 is 2.78 bits per heavy atom. The van der Waals surface area contributed by atoms with Crippen LogP contribution in [0.5, 0.6) is 0 Å². The van der Waals surface area contributed by atoms with Crippen LogP contribution in [-0.4, -0.2) is 76.0 Å². The van der Waals surface area contributed by atoms with Crippen molar-refractivity contribution < 1.29 is 4.79 Å². The Morgan fingerprint density at radius 1 is 1.44 bits per heavy atom. The Bertz CT molecular complexity index is 436. The van der Waals surface area contributed by atoms with Crippen molar-refractivity contribution in [3.63, 3.8) is 0 Å². The number of fused-ring (bicyclic) bond motifs is 3. The Kier molecular flexibility index (Phi) is 3.00. The van der Waals surface area contributed by atoms with E-state index < -0.39 is 0 Å². The van der Waals surface area contributed by atoms with Gasteiger partial charge in [0.05, 0.1) is 6.20 Å². The second-order valence-electron chi connectivity index (χ2n) is 4.98. The van der Waals surface area contributed by atoms with Gasteiger partial charge in [-0.15, -0.1) is 5.10 Å². The fraction of sp³-hybridized carbons (Fsp3) is 0.727. The molecule has 0 aliphatic carbocycles. The molecule has 0 aromatic carbocycles. The lowest BCUT2D eigenvalue weighted by atomic mass is 10.1. The number of carbonyl (C=O) groups is 1. The number of piperazine rings is 3. The maximum atomic E-state index is 11.8. The number of amides is 1. The molecule has 2 bridgehead atoms. The van der Waals surface area contributed by atoms with Crippen molar-refractivity contribution in [1.29, 1.82) is 0 Å². The van der Waals surface area contributed by atoms with Crippen molar-refractivity contribution in [3.05, 3.63) is 11.9 Å². The van der Waals surface area contributed by atoms with Crippen LogP contribution >= 0.6 is 0 Å². The monoisotopic (exact) mass is 250 g/mol. The number of nitrogens with one attached hydrogen (secondary N) is 1. The molecule has 0 radical (unpaired) electrons. The molecule has 4 rings (SSSR count). The zero-order valence-corrected chi connectivity index (χ0v) is 10.5. The first-order chi connectivity index (χ1) is 8.72. The summed E-state index contributed by atoms with van der Waals surface area (Å²) in [5.74, 6) is -0.138. The molecule has 1 atom stereocenters. The molecule has 0 saturated carbocycles. The van der Waals surface area contributed by atoms with Crippen molar-refractivity contribution in [2.45, 2.75) is 6.04 Å². The fourth-order valence-corrected chi connectivity index (χ4v) is 2.67. The Morgan fingerprint density at radius 2 is 2.22 bits per heavy atom. The van der Waals surface area contributed by atoms with Gasteiger partial charge in [-0.25, -0.2) is 0 Å². The maximum absolute atomic E-state index is 11.8. The van der Waals surface area contributed by atoms with E-state index in [9.17, 15) is 4.79 Å². The van der Waals surface area contributed by atoms with Crippen LogP contribution in [0.25, 0.3) is 0 Å². The van der Waals surface area contributed by atoms with Crippen LogP contribution in [-0.2, 0) is 7.05 Å². The van der Waals surface area contributed by atoms with E-state index in [1.807, 2.05) is 0 Å². The minimum Gasteiger partial charge on any atom is -0.349 e. The van der Waals surface area contributed by atoms with Gasteiger partial charge < -0.3 is 5.32 Å². The normalized spacial score (nSPS) is 30.4. The van der Waals surface area contributed by atoms with Gasteiger partial charge >= 0.3 is 0 Å². The van der Waals surface area contributed by atoms with Crippen molar-refractivity contribution in [1.82, 2.24) is 30.1 Å². The molecule has 1 aromatic rings. The molecule has 1 amide bonds. The van der Waals surface area contributed by atoms with E-state index in [-0.39, 0.29) is 5.91 Å². The molecule has 7 nitrogen and oxygen atoms in total. The smallest absolute Gasteiger partial charge is 0.273 e. The first kappa shape index (κ1) is 11.6. The molecule has 3 aliphatic rings. The van der Waals surface area contributed by atoms with Crippen LogP contribution in [0.2, 0.25) is 0 Å². The first-order valence-electron chi connectivity index (χ1n) is 6.33. The topological polar surface area (TPSA) is 66.3 Å². The number of aryl methyl sites for hydroxylation is 1. The Balaban J connectivity index is 1.54. The summed E-state index contributed by atoms with van der Waals surface area (Å²) in [7, 11) is 1.75. The van der Waals surface area contributed by atoms with Crippen LogP contribution in [0.3, 0.4) is 0 Å². The largest absolute Gasteiger partial charge is 0.349 e. The van der Waals surface area contributed by atoms with Gasteiger partial charge in [-0.1, -0.05) is 5.21 Å². The lowest BCUT2D eigenvalue weighted by Gasteiger charge is -2.47. The molecule has 98 valence electrons. The van der Waals surface area contributed by atoms with Gasteiger partial charge in [0.15, 0.2) is 5.69 Å². The Labute approximate surface area is 106 Å². The molecule has 0 spiro atoms. The molecule has 1 unspecified atom stereocenters. The number of rotatable bonds is 3. The number of carbonyl (C=O) groups excluding carboxylic acids is 1. The van der Waals surface area contributed by atoms with Crippen molar-refractivity contribution in [2.75, 3.05) is 39.3 Å². The van der Waals surface area contributed by atoms with Crippen molar-refractivity contribution >= 4 is 5.91 Å². The fourth-order valence-electron chi connectivity index (χ4n) is 2.67. The second kappa shape index (κ2) is 4.66. The number of hydrogen-bond donors (Lipinski definition) is 1. The molecular formula is C11H18N6O. The maximum Gasteiger partial charge on any atom is 0.273 e. The SMILES string of the molecule is Cn1cc(C(=O)NCC2CN3CCN2CC3)nn1. The van der Waals surface area contributed by atoms with Crippen LogP contribution < -0.4 is 5.32 Å². The molecule has 3 fully saturated rings. The van der Waals surface area contributed by atoms with E-state index in [0.717, 1.165) is 32.7 Å². The van der Waals surface area contributed by atoms with Gasteiger partial charge in [-0.2, -0.15) is 0 Å². The predicted molar refractivity (Wildman–Crippen MR) is 65.1 cm³/mol. The number of aromatic nitrogens is 3. The molecule has 7 heteroatoms. The van der Waals surface area contributed by atoms with Crippen molar-refractivity contribution in [2.24, 2.45) is 7.05 Å². The van der Waals surface area contributed by atoms with E-state index in [2.05, 4.69) is 25.4 Å². The third-order valence-electron chi connectivity index (χ3n) is 3.73. The summed E-state index contributed by atoms with van der Waals surface area (Å²) in [6.45, 7) is 6.30. The highest BCUT2D eigenvalue weighted by Gasteiger charge is 2.31. The van der Waals surface area contributed by atoms with Gasteiger partial charge in [-0.05, 0) is 0 Å². The first-order valence-corrected chi connectivity index (χ1v) is 6.33. The minimum atomic E-state index is -0.138. The molecule has 18 heavy (non-hydrogen) atoms. The minimum absolute atomic E-state index is 0.138. The molecule has 3 saturated heterocycles. The van der Waals surface area contributed by atoms with Crippen molar-refractivity contribution in [3.8, 4) is 0 Å². The van der Waals surface area contributed by atoms with Gasteiger partial charge in [0.2, 0.25) is 0 Å². The van der Waals surface area contributed by atoms with Gasteiger partial charge in [-0.3, -0.25) is 19.3 Å². The van der Waals surface area contributed by atoms with Gasteiger partial charge in [0, 0.05) is 52.4 Å². The third kappa shape index (κ3) is 2.23. The van der Waals surface area contributed by atoms with Crippen LogP contribution in [0, 0.1) is 0 Å². The van der Waals surface area contributed by atoms with Crippen LogP contribution in [0.1, 0.15) is 10.5 Å². The lowest BCUT2D eigenvalue weighted by molar-refractivity contribution is 0.0138. The number of hydrogen-bond acceptors (Lipinski definition) is 5. The zero-order chi connectivity index (χ0) is 12.5. The highest BCUT2D eigenvalue weighted by molar-refractivity contribution is 5.91. The number of nitrogens with zero attached hydrogens (tertiary/aromatic N) is 5. The molecular weight excluding hydrogens is 232 g/mol. The summed E-state index contributed by atoms with van der Waals surface area (Å²) in [6, 6.07) is 0.438. The third-order valence-corrected chi connectivity index (χ3v) is 3.73. The molecule has 4 heterocycles. The lowest BCUT2D eigenvalue weighted by Crippen LogP contribution is -2.63. The molecule has 1 N–H and O–H groups in total. The van der Waals surface area contributed by atoms with Gasteiger partial charge in [0.1, 0.15) is 0 Å². The average molecular weight is 250 g/mol. The molecule has 3 aliphatic heterocycles. The average Bonchev–Trinajstić information content (AvgIpc) is 2.84. The van der Waals surface area contributed by atoms with E-state index in [1.165, 1.54) is 4.68 Å². The quantitative estimate of drug-likeness (QED) is 0.710. The van der Waals surface area contributed by atoms with Crippen LogP contribution in [0.4, 0.5) is 0 Å².